The van der Waals surface area contributed by atoms with E-state index in [0.717, 1.165) is 12.3 Å². The third kappa shape index (κ3) is 2.21. The lowest BCUT2D eigenvalue weighted by Crippen LogP contribution is -2.28. The van der Waals surface area contributed by atoms with Crippen molar-refractivity contribution in [2.24, 2.45) is 17.8 Å². The van der Waals surface area contributed by atoms with Crippen molar-refractivity contribution in [1.29, 1.82) is 0 Å². The first-order valence-electron chi connectivity index (χ1n) is 6.44. The molecule has 1 saturated heterocycles. The quantitative estimate of drug-likeness (QED) is 0.697. The van der Waals surface area contributed by atoms with Crippen LogP contribution in [-0.2, 0) is 19.4 Å². The Morgan fingerprint density at radius 2 is 1.94 bits per heavy atom. The lowest BCUT2D eigenvalue weighted by atomic mass is 9.97. The topological polar surface area (TPSA) is 60.4 Å². The van der Waals surface area contributed by atoms with E-state index in [4.69, 9.17) is 4.74 Å². The van der Waals surface area contributed by atoms with Crippen LogP contribution in [0.25, 0.3) is 0 Å². The molecule has 96 valence electrons. The average Bonchev–Trinajstić information content (AvgIpc) is 2.92. The number of fused-ring (bicyclic) bond motifs is 2. The van der Waals surface area contributed by atoms with Gasteiger partial charge in [-0.15, -0.1) is 0 Å². The van der Waals surface area contributed by atoms with Gasteiger partial charge in [0.2, 0.25) is 0 Å². The number of carbonyl (C=O) groups is 1. The van der Waals surface area contributed by atoms with Crippen molar-refractivity contribution < 1.29 is 17.9 Å². The third-order valence-electron chi connectivity index (χ3n) is 4.51. The van der Waals surface area contributed by atoms with Crippen LogP contribution < -0.4 is 0 Å². The molecule has 0 aromatic carbocycles. The van der Waals surface area contributed by atoms with Crippen LogP contribution in [0.4, 0.5) is 0 Å². The lowest BCUT2D eigenvalue weighted by molar-refractivity contribution is -0.155. The fourth-order valence-electron chi connectivity index (χ4n) is 3.56. The Labute approximate surface area is 102 Å². The molecule has 3 rings (SSSR count). The molecule has 2 bridgehead atoms. The van der Waals surface area contributed by atoms with Crippen molar-refractivity contribution >= 4 is 15.8 Å². The zero-order valence-electron chi connectivity index (χ0n) is 9.80. The van der Waals surface area contributed by atoms with Gasteiger partial charge in [-0.05, 0) is 43.9 Å². The third-order valence-corrected chi connectivity index (χ3v) is 6.27. The maximum absolute atomic E-state index is 11.9. The maximum Gasteiger partial charge on any atom is 0.310 e. The van der Waals surface area contributed by atoms with E-state index < -0.39 is 15.8 Å². The number of hydrogen-bond donors (Lipinski definition) is 0. The molecular formula is C12H18O4S. The van der Waals surface area contributed by atoms with Crippen LogP contribution in [0.5, 0.6) is 0 Å². The second-order valence-corrected chi connectivity index (χ2v) is 7.98. The van der Waals surface area contributed by atoms with Crippen LogP contribution in [0.1, 0.15) is 32.1 Å². The summed E-state index contributed by atoms with van der Waals surface area (Å²) in [5.74, 6) is 0.741. The first-order chi connectivity index (χ1) is 8.03. The second kappa shape index (κ2) is 3.97. The zero-order chi connectivity index (χ0) is 12.0. The SMILES string of the molecule is O=C(OC1CC2CCC1C2)C1CCS(=O)(=O)C1. The summed E-state index contributed by atoms with van der Waals surface area (Å²) in [4.78, 5) is 11.9. The number of sulfone groups is 1. The molecule has 4 atom stereocenters. The zero-order valence-corrected chi connectivity index (χ0v) is 10.6. The van der Waals surface area contributed by atoms with Gasteiger partial charge >= 0.3 is 5.97 Å². The van der Waals surface area contributed by atoms with Gasteiger partial charge in [0, 0.05) is 0 Å². The fraction of sp³-hybridized carbons (Fsp3) is 0.917. The number of ether oxygens (including phenoxy) is 1. The van der Waals surface area contributed by atoms with E-state index >= 15 is 0 Å². The summed E-state index contributed by atoms with van der Waals surface area (Å²) in [6.07, 6.45) is 5.16. The predicted molar refractivity (Wildman–Crippen MR) is 62.1 cm³/mol. The van der Waals surface area contributed by atoms with Crippen molar-refractivity contribution in [1.82, 2.24) is 0 Å². The highest BCUT2D eigenvalue weighted by Gasteiger charge is 2.43. The summed E-state index contributed by atoms with van der Waals surface area (Å²) in [5, 5.41) is 0. The van der Waals surface area contributed by atoms with E-state index in [-0.39, 0.29) is 23.6 Å². The first kappa shape index (κ1) is 11.5. The number of hydrogen-bond acceptors (Lipinski definition) is 4. The second-order valence-electron chi connectivity index (χ2n) is 5.75. The molecule has 17 heavy (non-hydrogen) atoms. The summed E-state index contributed by atoms with van der Waals surface area (Å²) < 4.78 is 28.1. The fourth-order valence-corrected chi connectivity index (χ4v) is 5.28. The maximum atomic E-state index is 11.9. The van der Waals surface area contributed by atoms with Crippen LogP contribution in [0, 0.1) is 17.8 Å². The monoisotopic (exact) mass is 258 g/mol. The minimum Gasteiger partial charge on any atom is -0.462 e. The van der Waals surface area contributed by atoms with Crippen molar-refractivity contribution in [3.05, 3.63) is 0 Å². The number of esters is 1. The Morgan fingerprint density at radius 1 is 1.12 bits per heavy atom. The molecule has 5 heteroatoms. The van der Waals surface area contributed by atoms with E-state index in [9.17, 15) is 13.2 Å². The molecule has 4 unspecified atom stereocenters. The molecule has 3 fully saturated rings. The normalized spacial score (nSPS) is 42.8. The Bertz CT molecular complexity index is 428. The Kier molecular flexibility index (Phi) is 2.69. The molecule has 0 radical (unpaired) electrons. The number of carbonyl (C=O) groups excluding carboxylic acids is 1. The summed E-state index contributed by atoms with van der Waals surface area (Å²) in [5.41, 5.74) is 0. The molecule has 0 spiro atoms. The van der Waals surface area contributed by atoms with E-state index in [1.165, 1.54) is 19.3 Å². The van der Waals surface area contributed by atoms with E-state index in [2.05, 4.69) is 0 Å². The van der Waals surface area contributed by atoms with Crippen LogP contribution in [0.2, 0.25) is 0 Å². The first-order valence-corrected chi connectivity index (χ1v) is 8.26. The summed E-state index contributed by atoms with van der Waals surface area (Å²) in [6, 6.07) is 0. The molecule has 0 aromatic heterocycles. The molecule has 0 aromatic rings. The summed E-state index contributed by atoms with van der Waals surface area (Å²) >= 11 is 0. The van der Waals surface area contributed by atoms with E-state index in [1.807, 2.05) is 0 Å². The highest BCUT2D eigenvalue weighted by atomic mass is 32.2. The van der Waals surface area contributed by atoms with Gasteiger partial charge in [0.1, 0.15) is 6.10 Å². The molecule has 4 nitrogen and oxygen atoms in total. The minimum atomic E-state index is -2.99. The van der Waals surface area contributed by atoms with Gasteiger partial charge in [0.15, 0.2) is 9.84 Å². The smallest absolute Gasteiger partial charge is 0.310 e. The largest absolute Gasteiger partial charge is 0.462 e. The highest BCUT2D eigenvalue weighted by molar-refractivity contribution is 7.91. The van der Waals surface area contributed by atoms with Crippen molar-refractivity contribution in [2.75, 3.05) is 11.5 Å². The van der Waals surface area contributed by atoms with Crippen LogP contribution >= 0.6 is 0 Å². The highest BCUT2D eigenvalue weighted by Crippen LogP contribution is 2.46. The van der Waals surface area contributed by atoms with Gasteiger partial charge in [-0.3, -0.25) is 4.79 Å². The van der Waals surface area contributed by atoms with Crippen LogP contribution in [0.3, 0.4) is 0 Å². The molecule has 1 aliphatic heterocycles. The van der Waals surface area contributed by atoms with Crippen LogP contribution in [0.15, 0.2) is 0 Å². The molecule has 3 aliphatic rings. The molecule has 0 N–H and O–H groups in total. The minimum absolute atomic E-state index is 0.00729. The van der Waals surface area contributed by atoms with Crippen molar-refractivity contribution in [2.45, 2.75) is 38.2 Å². The molecular weight excluding hydrogens is 240 g/mol. The lowest BCUT2D eigenvalue weighted by Gasteiger charge is -2.23. The van der Waals surface area contributed by atoms with Gasteiger partial charge < -0.3 is 4.74 Å². The van der Waals surface area contributed by atoms with E-state index in [1.54, 1.807) is 0 Å². The molecule has 0 amide bonds. The van der Waals surface area contributed by atoms with E-state index in [0.29, 0.717) is 12.3 Å². The summed E-state index contributed by atoms with van der Waals surface area (Å²) in [7, 11) is -2.99. The Balaban J connectivity index is 1.58. The molecule has 2 saturated carbocycles. The molecule has 1 heterocycles. The standard InChI is InChI=1S/C12H18O4S/c13-12(10-3-4-17(14,15)7-10)16-11-6-8-1-2-9(11)5-8/h8-11H,1-7H2. The van der Waals surface area contributed by atoms with Gasteiger partial charge in [0.25, 0.3) is 0 Å². The summed E-state index contributed by atoms with van der Waals surface area (Å²) in [6.45, 7) is 0. The Hall–Kier alpha value is -0.580. The van der Waals surface area contributed by atoms with Gasteiger partial charge in [-0.2, -0.15) is 0 Å². The van der Waals surface area contributed by atoms with Gasteiger partial charge in [-0.1, -0.05) is 0 Å². The van der Waals surface area contributed by atoms with Gasteiger partial charge in [-0.25, -0.2) is 8.42 Å². The number of rotatable bonds is 2. The van der Waals surface area contributed by atoms with Crippen molar-refractivity contribution in [3.8, 4) is 0 Å². The predicted octanol–water partition coefficient (Wildman–Crippen LogP) is 1.15. The average molecular weight is 258 g/mol. The Morgan fingerprint density at radius 3 is 2.47 bits per heavy atom. The van der Waals surface area contributed by atoms with Crippen molar-refractivity contribution in [3.63, 3.8) is 0 Å². The molecule has 2 aliphatic carbocycles. The van der Waals surface area contributed by atoms with Crippen LogP contribution in [-0.4, -0.2) is 32.0 Å². The van der Waals surface area contributed by atoms with Gasteiger partial charge in [0.05, 0.1) is 17.4 Å².